The van der Waals surface area contributed by atoms with Crippen molar-refractivity contribution >= 4 is 5.78 Å². The Hall–Kier alpha value is -2.11. The normalized spacial score (nSPS) is 10.4. The summed E-state index contributed by atoms with van der Waals surface area (Å²) in [6.45, 7) is 3.56. The maximum atomic E-state index is 10.9. The van der Waals surface area contributed by atoms with Gasteiger partial charge in [-0.3, -0.25) is 4.79 Å². The van der Waals surface area contributed by atoms with Crippen LogP contribution in [0, 0.1) is 6.92 Å². The van der Waals surface area contributed by atoms with Crippen LogP contribution in [0.3, 0.4) is 0 Å². The summed E-state index contributed by atoms with van der Waals surface area (Å²) in [6.07, 6.45) is 5.07. The van der Waals surface area contributed by atoms with Crippen LogP contribution in [0.4, 0.5) is 0 Å². The Morgan fingerprint density at radius 3 is 2.69 bits per heavy atom. The zero-order chi connectivity index (χ0) is 11.5. The number of nitrogens with zero attached hydrogens (tertiary/aromatic N) is 5. The van der Waals surface area contributed by atoms with Gasteiger partial charge in [-0.2, -0.15) is 0 Å². The average molecular weight is 217 g/mol. The van der Waals surface area contributed by atoms with Gasteiger partial charge >= 0.3 is 0 Å². The molecule has 0 atom stereocenters. The van der Waals surface area contributed by atoms with Gasteiger partial charge in [0, 0.05) is 18.0 Å². The lowest BCUT2D eigenvalue weighted by Gasteiger charge is -1.95. The van der Waals surface area contributed by atoms with Crippen LogP contribution in [0.25, 0.3) is 11.3 Å². The van der Waals surface area contributed by atoms with Gasteiger partial charge in [-0.05, 0) is 13.8 Å². The molecule has 0 radical (unpaired) electrons. The van der Waals surface area contributed by atoms with E-state index in [1.807, 2.05) is 6.92 Å². The van der Waals surface area contributed by atoms with Crippen LogP contribution in [0.5, 0.6) is 0 Å². The van der Waals surface area contributed by atoms with E-state index < -0.39 is 0 Å². The minimum Gasteiger partial charge on any atom is -0.298 e. The third kappa shape index (κ3) is 2.28. The van der Waals surface area contributed by atoms with Gasteiger partial charge in [0.15, 0.2) is 5.78 Å². The van der Waals surface area contributed by atoms with Crippen molar-refractivity contribution in [2.24, 2.45) is 0 Å². The lowest BCUT2D eigenvalue weighted by molar-refractivity contribution is -0.117. The Kier molecular flexibility index (Phi) is 2.72. The number of aryl methyl sites for hydroxylation is 1. The van der Waals surface area contributed by atoms with E-state index in [2.05, 4.69) is 20.3 Å². The van der Waals surface area contributed by atoms with Crippen molar-refractivity contribution in [2.75, 3.05) is 0 Å². The lowest BCUT2D eigenvalue weighted by Crippen LogP contribution is -2.06. The quantitative estimate of drug-likeness (QED) is 0.754. The molecule has 0 aromatic carbocycles. The summed E-state index contributed by atoms with van der Waals surface area (Å²) in [6, 6.07) is 0. The predicted octanol–water partition coefficient (Wildman–Crippen LogP) is 0.633. The molecular formula is C10H11N5O. The van der Waals surface area contributed by atoms with Crippen molar-refractivity contribution in [3.8, 4) is 11.3 Å². The minimum atomic E-state index is 0.0385. The van der Waals surface area contributed by atoms with Crippen molar-refractivity contribution in [3.63, 3.8) is 0 Å². The minimum absolute atomic E-state index is 0.0385. The Bertz CT molecular complexity index is 502. The van der Waals surface area contributed by atoms with Crippen LogP contribution in [0.2, 0.25) is 0 Å². The molecule has 0 spiro atoms. The number of hydrogen-bond acceptors (Lipinski definition) is 5. The highest BCUT2D eigenvalue weighted by Crippen LogP contribution is 2.12. The van der Waals surface area contributed by atoms with Gasteiger partial charge < -0.3 is 0 Å². The van der Waals surface area contributed by atoms with E-state index in [9.17, 15) is 4.79 Å². The Morgan fingerprint density at radius 1 is 1.38 bits per heavy atom. The van der Waals surface area contributed by atoms with Crippen molar-refractivity contribution in [1.82, 2.24) is 25.0 Å². The van der Waals surface area contributed by atoms with Crippen molar-refractivity contribution in [1.29, 1.82) is 0 Å². The van der Waals surface area contributed by atoms with Crippen molar-refractivity contribution < 1.29 is 4.79 Å². The fraction of sp³-hybridized carbons (Fsp3) is 0.300. The third-order valence-corrected chi connectivity index (χ3v) is 2.00. The molecule has 0 aliphatic heterocycles. The molecule has 16 heavy (non-hydrogen) atoms. The molecule has 2 heterocycles. The van der Waals surface area contributed by atoms with Crippen LogP contribution in [0.15, 0.2) is 18.6 Å². The van der Waals surface area contributed by atoms with Crippen molar-refractivity contribution in [2.45, 2.75) is 20.4 Å². The second kappa shape index (κ2) is 4.18. The highest BCUT2D eigenvalue weighted by molar-refractivity contribution is 5.75. The Labute approximate surface area is 92.3 Å². The van der Waals surface area contributed by atoms with E-state index in [0.29, 0.717) is 11.5 Å². The molecule has 2 rings (SSSR count). The standard InChI is InChI=1S/C10H11N5O/c1-7(16)5-15-6-10(13-14-15)9-3-11-8(2)12-4-9/h3-4,6H,5H2,1-2H3. The van der Waals surface area contributed by atoms with Gasteiger partial charge in [-0.1, -0.05) is 5.21 Å². The monoisotopic (exact) mass is 217 g/mol. The summed E-state index contributed by atoms with van der Waals surface area (Å²) >= 11 is 0. The summed E-state index contributed by atoms with van der Waals surface area (Å²) in [5.74, 6) is 0.747. The maximum absolute atomic E-state index is 10.9. The highest BCUT2D eigenvalue weighted by Gasteiger charge is 2.05. The van der Waals surface area contributed by atoms with Crippen LogP contribution in [-0.2, 0) is 11.3 Å². The van der Waals surface area contributed by atoms with Crippen LogP contribution in [-0.4, -0.2) is 30.7 Å². The molecule has 0 saturated carbocycles. The summed E-state index contributed by atoms with van der Waals surface area (Å²) in [5, 5.41) is 7.80. The van der Waals surface area contributed by atoms with Gasteiger partial charge in [-0.25, -0.2) is 14.6 Å². The average Bonchev–Trinajstić information content (AvgIpc) is 2.66. The van der Waals surface area contributed by atoms with E-state index >= 15 is 0 Å². The van der Waals surface area contributed by atoms with Gasteiger partial charge in [0.1, 0.15) is 18.1 Å². The van der Waals surface area contributed by atoms with E-state index in [4.69, 9.17) is 0 Å². The third-order valence-electron chi connectivity index (χ3n) is 2.00. The van der Waals surface area contributed by atoms with Gasteiger partial charge in [0.05, 0.1) is 6.20 Å². The first kappa shape index (κ1) is 10.4. The van der Waals surface area contributed by atoms with Crippen LogP contribution in [0.1, 0.15) is 12.7 Å². The fourth-order valence-electron chi connectivity index (χ4n) is 1.26. The van der Waals surface area contributed by atoms with E-state index in [1.165, 1.54) is 11.6 Å². The number of carbonyl (C=O) groups is 1. The molecule has 82 valence electrons. The summed E-state index contributed by atoms with van der Waals surface area (Å²) < 4.78 is 1.50. The molecule has 6 heteroatoms. The summed E-state index contributed by atoms with van der Waals surface area (Å²) in [4.78, 5) is 19.0. The van der Waals surface area contributed by atoms with E-state index in [-0.39, 0.29) is 12.3 Å². The summed E-state index contributed by atoms with van der Waals surface area (Å²) in [5.41, 5.74) is 1.46. The van der Waals surface area contributed by atoms with Gasteiger partial charge in [-0.15, -0.1) is 5.10 Å². The second-order valence-corrected chi connectivity index (χ2v) is 3.52. The van der Waals surface area contributed by atoms with E-state index in [0.717, 1.165) is 5.56 Å². The van der Waals surface area contributed by atoms with E-state index in [1.54, 1.807) is 18.6 Å². The summed E-state index contributed by atoms with van der Waals surface area (Å²) in [7, 11) is 0. The highest BCUT2D eigenvalue weighted by atomic mass is 16.1. The molecule has 2 aromatic heterocycles. The van der Waals surface area contributed by atoms with Crippen molar-refractivity contribution in [3.05, 3.63) is 24.4 Å². The molecule has 0 bridgehead atoms. The zero-order valence-electron chi connectivity index (χ0n) is 9.08. The molecule has 0 unspecified atom stereocenters. The molecule has 2 aromatic rings. The topological polar surface area (TPSA) is 73.6 Å². The number of carbonyl (C=O) groups excluding carboxylic acids is 1. The number of aromatic nitrogens is 5. The first-order chi connectivity index (χ1) is 7.65. The van der Waals surface area contributed by atoms with Gasteiger partial charge in [0.2, 0.25) is 0 Å². The Morgan fingerprint density at radius 2 is 2.06 bits per heavy atom. The lowest BCUT2D eigenvalue weighted by atomic mass is 10.3. The van der Waals surface area contributed by atoms with Gasteiger partial charge in [0.25, 0.3) is 0 Å². The second-order valence-electron chi connectivity index (χ2n) is 3.52. The molecule has 0 N–H and O–H groups in total. The predicted molar refractivity (Wildman–Crippen MR) is 56.5 cm³/mol. The first-order valence-corrected chi connectivity index (χ1v) is 4.84. The number of Topliss-reactive ketones (excluding diaryl/α,β-unsaturated/α-hetero) is 1. The first-order valence-electron chi connectivity index (χ1n) is 4.84. The smallest absolute Gasteiger partial charge is 0.151 e. The zero-order valence-corrected chi connectivity index (χ0v) is 9.08. The molecule has 0 amide bonds. The fourth-order valence-corrected chi connectivity index (χ4v) is 1.26. The molecule has 6 nitrogen and oxygen atoms in total. The molecule has 0 fully saturated rings. The molecule has 0 aliphatic rings. The molecule has 0 saturated heterocycles. The number of rotatable bonds is 3. The Balaban J connectivity index is 2.24. The maximum Gasteiger partial charge on any atom is 0.151 e. The van der Waals surface area contributed by atoms with Crippen LogP contribution >= 0.6 is 0 Å². The number of ketones is 1. The number of hydrogen-bond donors (Lipinski definition) is 0. The SMILES string of the molecule is CC(=O)Cn1cc(-c2cnc(C)nc2)nn1. The van der Waals surface area contributed by atoms with Crippen LogP contribution < -0.4 is 0 Å². The molecular weight excluding hydrogens is 206 g/mol. The molecule has 0 aliphatic carbocycles. The largest absolute Gasteiger partial charge is 0.298 e.